The van der Waals surface area contributed by atoms with Crippen molar-refractivity contribution in [2.75, 3.05) is 5.32 Å². The number of alkyl halides is 3. The smallest absolute Gasteiger partial charge is 0.418 e. The number of fused-ring (bicyclic) bond motifs is 2. The van der Waals surface area contributed by atoms with Crippen LogP contribution in [-0.2, 0) is 12.6 Å². The largest absolute Gasteiger partial charge is 0.442 e. The molecule has 0 bridgehead atoms. The number of halogens is 3. The molecule has 156 valence electrons. The molecule has 3 aromatic heterocycles. The molecule has 0 spiro atoms. The summed E-state index contributed by atoms with van der Waals surface area (Å²) in [5.74, 6) is 0.506. The number of anilines is 1. The first-order chi connectivity index (χ1) is 15.0. The van der Waals surface area contributed by atoms with Gasteiger partial charge in [-0.15, -0.1) is 0 Å². The van der Waals surface area contributed by atoms with E-state index in [9.17, 15) is 13.2 Å². The van der Waals surface area contributed by atoms with Gasteiger partial charge in [-0.3, -0.25) is 10.1 Å². The lowest BCUT2D eigenvalue weighted by Crippen LogP contribution is -2.24. The molecule has 4 aromatic rings. The van der Waals surface area contributed by atoms with Crippen molar-refractivity contribution in [3.8, 4) is 17.5 Å². The zero-order valence-corrected chi connectivity index (χ0v) is 16.0. The normalized spacial score (nSPS) is 16.1. The van der Waals surface area contributed by atoms with Crippen LogP contribution in [0.4, 0.5) is 18.9 Å². The molecule has 2 N–H and O–H groups in total. The highest BCUT2D eigenvalue weighted by Crippen LogP contribution is 2.41. The highest BCUT2D eigenvalue weighted by atomic mass is 19.4. The summed E-state index contributed by atoms with van der Waals surface area (Å²) in [6, 6.07) is 6.74. The standard InChI is InChI=1S/C21H15F3N6O/c22-21(23,24)18-11(7-25)8-27-19-13(18)2-1-3-16(19)28-12-4-5-15-14(6-12)20(30-29-15)17-9-26-10-31-17/h4-6,8-10,16,28H,1-3H2,(H,29,30)/t16-/m0/s1. The Morgan fingerprint density at radius 1 is 1.26 bits per heavy atom. The molecule has 7 nitrogen and oxygen atoms in total. The van der Waals surface area contributed by atoms with E-state index in [1.165, 1.54) is 6.39 Å². The van der Waals surface area contributed by atoms with Gasteiger partial charge in [-0.1, -0.05) is 0 Å². The molecule has 0 saturated carbocycles. The Kier molecular flexibility index (Phi) is 4.39. The van der Waals surface area contributed by atoms with Gasteiger partial charge in [-0.05, 0) is 43.0 Å². The second kappa shape index (κ2) is 7.12. The highest BCUT2D eigenvalue weighted by Gasteiger charge is 2.39. The van der Waals surface area contributed by atoms with Crippen molar-refractivity contribution in [3.05, 3.63) is 59.4 Å². The zero-order chi connectivity index (χ0) is 21.6. The van der Waals surface area contributed by atoms with Crippen LogP contribution in [0.15, 0.2) is 41.4 Å². The van der Waals surface area contributed by atoms with Crippen molar-refractivity contribution in [3.63, 3.8) is 0 Å². The monoisotopic (exact) mass is 424 g/mol. The van der Waals surface area contributed by atoms with Crippen LogP contribution < -0.4 is 5.32 Å². The van der Waals surface area contributed by atoms with Crippen LogP contribution in [0.25, 0.3) is 22.4 Å². The first-order valence-corrected chi connectivity index (χ1v) is 9.58. The van der Waals surface area contributed by atoms with Crippen molar-refractivity contribution in [2.24, 2.45) is 0 Å². The second-order valence-corrected chi connectivity index (χ2v) is 7.31. The van der Waals surface area contributed by atoms with E-state index in [1.807, 2.05) is 18.2 Å². The number of benzene rings is 1. The summed E-state index contributed by atoms with van der Waals surface area (Å²) in [5, 5.41) is 20.4. The minimum Gasteiger partial charge on any atom is -0.442 e. The van der Waals surface area contributed by atoms with Gasteiger partial charge in [0, 0.05) is 17.3 Å². The van der Waals surface area contributed by atoms with E-state index < -0.39 is 23.3 Å². The van der Waals surface area contributed by atoms with Gasteiger partial charge in [-0.25, -0.2) is 4.98 Å². The SMILES string of the molecule is N#Cc1cnc2c(c1C(F)(F)F)CCC[C@@H]2Nc1ccc2[nH]nc(-c3cnco3)c2c1. The van der Waals surface area contributed by atoms with E-state index in [0.717, 1.165) is 17.1 Å². The molecule has 1 atom stereocenters. The van der Waals surface area contributed by atoms with Crippen molar-refractivity contribution in [1.29, 1.82) is 5.26 Å². The summed E-state index contributed by atoms with van der Waals surface area (Å²) in [6.45, 7) is 0. The highest BCUT2D eigenvalue weighted by molar-refractivity contribution is 5.93. The minimum atomic E-state index is -4.61. The Labute approximate surface area is 173 Å². The number of hydrogen-bond acceptors (Lipinski definition) is 6. The van der Waals surface area contributed by atoms with Crippen LogP contribution in [0.3, 0.4) is 0 Å². The molecule has 1 aliphatic rings. The average molecular weight is 424 g/mol. The van der Waals surface area contributed by atoms with Gasteiger partial charge in [0.15, 0.2) is 12.2 Å². The second-order valence-electron chi connectivity index (χ2n) is 7.31. The summed E-state index contributed by atoms with van der Waals surface area (Å²) in [5.41, 5.74) is 1.22. The third-order valence-electron chi connectivity index (χ3n) is 5.44. The van der Waals surface area contributed by atoms with E-state index >= 15 is 0 Å². The number of rotatable bonds is 3. The minimum absolute atomic E-state index is 0.0991. The molecule has 0 fully saturated rings. The molecule has 0 aliphatic heterocycles. The molecule has 5 rings (SSSR count). The molecule has 1 aliphatic carbocycles. The molecule has 0 saturated heterocycles. The van der Waals surface area contributed by atoms with Crippen LogP contribution in [-0.4, -0.2) is 20.2 Å². The first-order valence-electron chi connectivity index (χ1n) is 9.58. The lowest BCUT2D eigenvalue weighted by molar-refractivity contribution is -0.138. The molecular weight excluding hydrogens is 409 g/mol. The maximum absolute atomic E-state index is 13.7. The predicted octanol–water partition coefficient (Wildman–Crippen LogP) is 4.99. The number of nitriles is 1. The van der Waals surface area contributed by atoms with Crippen LogP contribution in [0.5, 0.6) is 0 Å². The number of pyridine rings is 1. The maximum atomic E-state index is 13.7. The zero-order valence-electron chi connectivity index (χ0n) is 16.0. The molecule has 3 heterocycles. The predicted molar refractivity (Wildman–Crippen MR) is 105 cm³/mol. The Balaban J connectivity index is 1.53. The number of nitrogens with one attached hydrogen (secondary N) is 2. The molecule has 0 unspecified atom stereocenters. The maximum Gasteiger partial charge on any atom is 0.418 e. The van der Waals surface area contributed by atoms with Crippen LogP contribution in [0, 0.1) is 11.3 Å². The van der Waals surface area contributed by atoms with Gasteiger partial charge in [0.1, 0.15) is 11.8 Å². The number of nitrogens with zero attached hydrogens (tertiary/aromatic N) is 4. The summed E-state index contributed by atoms with van der Waals surface area (Å²) in [4.78, 5) is 8.13. The molecule has 0 amide bonds. The molecule has 0 radical (unpaired) electrons. The first kappa shape index (κ1) is 19.1. The van der Waals surface area contributed by atoms with E-state index in [1.54, 1.807) is 12.3 Å². The van der Waals surface area contributed by atoms with Gasteiger partial charge < -0.3 is 9.73 Å². The summed E-state index contributed by atoms with van der Waals surface area (Å²) in [6.07, 6.45) is 0.702. The molecule has 10 heteroatoms. The third-order valence-corrected chi connectivity index (χ3v) is 5.44. The van der Waals surface area contributed by atoms with Crippen LogP contribution in [0.2, 0.25) is 0 Å². The Morgan fingerprint density at radius 2 is 2.13 bits per heavy atom. The molecular formula is C21H15F3N6O. The summed E-state index contributed by atoms with van der Waals surface area (Å²) < 4.78 is 46.3. The van der Waals surface area contributed by atoms with Gasteiger partial charge in [-0.2, -0.15) is 23.5 Å². The summed E-state index contributed by atoms with van der Waals surface area (Å²) >= 11 is 0. The Morgan fingerprint density at radius 3 is 2.87 bits per heavy atom. The Hall–Kier alpha value is -3.87. The molecule has 1 aromatic carbocycles. The average Bonchev–Trinajstić information content (AvgIpc) is 3.41. The lowest BCUT2D eigenvalue weighted by Gasteiger charge is -2.28. The van der Waals surface area contributed by atoms with Gasteiger partial charge >= 0.3 is 6.18 Å². The van der Waals surface area contributed by atoms with Gasteiger partial charge in [0.2, 0.25) is 0 Å². The topological polar surface area (TPSA) is 103 Å². The lowest BCUT2D eigenvalue weighted by atomic mass is 9.87. The fraction of sp³-hybridized carbons (Fsp3) is 0.238. The molecule has 31 heavy (non-hydrogen) atoms. The van der Waals surface area contributed by atoms with E-state index in [4.69, 9.17) is 9.68 Å². The summed E-state index contributed by atoms with van der Waals surface area (Å²) in [7, 11) is 0. The van der Waals surface area contributed by atoms with Crippen LogP contribution >= 0.6 is 0 Å². The van der Waals surface area contributed by atoms with Crippen molar-refractivity contribution < 1.29 is 17.6 Å². The number of oxazole rings is 1. The number of hydrogen-bond donors (Lipinski definition) is 2. The van der Waals surface area contributed by atoms with Crippen molar-refractivity contribution >= 4 is 16.6 Å². The number of aromatic amines is 1. The number of H-pyrrole nitrogens is 1. The quantitative estimate of drug-likeness (QED) is 0.480. The van der Waals surface area contributed by atoms with Crippen LogP contribution in [0.1, 0.15) is 41.3 Å². The Bertz CT molecular complexity index is 1300. The van der Waals surface area contributed by atoms with E-state index in [2.05, 4.69) is 25.5 Å². The number of aromatic nitrogens is 4. The fourth-order valence-electron chi connectivity index (χ4n) is 4.11. The van der Waals surface area contributed by atoms with Gasteiger partial charge in [0.25, 0.3) is 0 Å². The van der Waals surface area contributed by atoms with E-state index in [0.29, 0.717) is 35.7 Å². The van der Waals surface area contributed by atoms with Crippen molar-refractivity contribution in [2.45, 2.75) is 31.5 Å². The van der Waals surface area contributed by atoms with Crippen molar-refractivity contribution in [1.82, 2.24) is 20.2 Å². The van der Waals surface area contributed by atoms with Gasteiger partial charge in [0.05, 0.1) is 34.6 Å². The fourth-order valence-corrected chi connectivity index (χ4v) is 4.11. The van der Waals surface area contributed by atoms with E-state index in [-0.39, 0.29) is 12.0 Å². The third kappa shape index (κ3) is 3.28.